The number of rotatable bonds is 7. The van der Waals surface area contributed by atoms with Crippen LogP contribution in [0.2, 0.25) is 0 Å². The lowest BCUT2D eigenvalue weighted by Gasteiger charge is -2.08. The Morgan fingerprint density at radius 2 is 1.87 bits per heavy atom. The fourth-order valence-electron chi connectivity index (χ4n) is 2.44. The van der Waals surface area contributed by atoms with Gasteiger partial charge in [0.25, 0.3) is 5.91 Å². The number of benzene rings is 2. The highest BCUT2D eigenvalue weighted by Crippen LogP contribution is 2.34. The molecule has 0 fully saturated rings. The molecule has 3 aromatic rings. The van der Waals surface area contributed by atoms with Gasteiger partial charge in [0.2, 0.25) is 0 Å². The quantitative estimate of drug-likeness (QED) is 0.373. The van der Waals surface area contributed by atoms with Gasteiger partial charge >= 0.3 is 6.03 Å². The van der Waals surface area contributed by atoms with E-state index in [9.17, 15) is 22.8 Å². The predicted octanol–water partition coefficient (Wildman–Crippen LogP) is 5.04. The van der Waals surface area contributed by atoms with Crippen molar-refractivity contribution in [1.82, 2.24) is 9.69 Å². The van der Waals surface area contributed by atoms with Crippen LogP contribution in [0.25, 0.3) is 0 Å². The second kappa shape index (κ2) is 10.2. The zero-order valence-electron chi connectivity index (χ0n) is 15.5. The molecule has 6 nitrogen and oxygen atoms in total. The first-order valence-corrected chi connectivity index (χ1v) is 11.1. The van der Waals surface area contributed by atoms with Crippen molar-refractivity contribution in [2.75, 3.05) is 5.32 Å². The Kier molecular flexibility index (Phi) is 7.57. The fourth-order valence-corrected chi connectivity index (χ4v) is 4.73. The molecule has 0 spiro atoms. The second-order valence-electron chi connectivity index (χ2n) is 6.14. The number of carbonyl (C=O) groups excluding carboxylic acids is 2. The van der Waals surface area contributed by atoms with E-state index in [-0.39, 0.29) is 27.9 Å². The standard InChI is InChI=1S/C19H14BrF3N4O2S2/c20-11-3-2-10(13(22)6-11)8-30-18-15(16(24)28)17(31-27-18)26-19(29)25-7-9-1-4-12(21)14(23)5-9/h1-6H,7-8H2,(H2,24,28)(H2,25,26,29). The van der Waals surface area contributed by atoms with Gasteiger partial charge in [-0.2, -0.15) is 4.37 Å². The van der Waals surface area contributed by atoms with Crippen molar-refractivity contribution in [2.24, 2.45) is 5.73 Å². The van der Waals surface area contributed by atoms with Crippen molar-refractivity contribution in [1.29, 1.82) is 0 Å². The van der Waals surface area contributed by atoms with Gasteiger partial charge in [0.15, 0.2) is 11.6 Å². The Labute approximate surface area is 191 Å². The highest BCUT2D eigenvalue weighted by molar-refractivity contribution is 9.10. The molecule has 162 valence electrons. The van der Waals surface area contributed by atoms with Gasteiger partial charge in [-0.05, 0) is 46.9 Å². The molecule has 0 saturated carbocycles. The third kappa shape index (κ3) is 5.99. The van der Waals surface area contributed by atoms with Crippen molar-refractivity contribution in [3.8, 4) is 0 Å². The summed E-state index contributed by atoms with van der Waals surface area (Å²) >= 11 is 5.13. The van der Waals surface area contributed by atoms with Crippen molar-refractivity contribution < 1.29 is 22.8 Å². The first kappa shape index (κ1) is 23.1. The van der Waals surface area contributed by atoms with E-state index in [0.29, 0.717) is 15.6 Å². The molecule has 4 N–H and O–H groups in total. The van der Waals surface area contributed by atoms with E-state index >= 15 is 0 Å². The number of aromatic nitrogens is 1. The highest BCUT2D eigenvalue weighted by atomic mass is 79.9. The molecule has 0 saturated heterocycles. The number of carbonyl (C=O) groups is 2. The largest absolute Gasteiger partial charge is 0.365 e. The zero-order valence-corrected chi connectivity index (χ0v) is 18.8. The van der Waals surface area contributed by atoms with Crippen LogP contribution in [0.5, 0.6) is 0 Å². The number of nitrogens with two attached hydrogens (primary N) is 1. The number of thioether (sulfide) groups is 1. The summed E-state index contributed by atoms with van der Waals surface area (Å²) in [4.78, 5) is 24.1. The molecule has 1 heterocycles. The number of amides is 3. The molecule has 12 heteroatoms. The van der Waals surface area contributed by atoms with Gasteiger partial charge < -0.3 is 11.1 Å². The summed E-state index contributed by atoms with van der Waals surface area (Å²) in [6.07, 6.45) is 0. The molecule has 0 aliphatic rings. The van der Waals surface area contributed by atoms with E-state index in [4.69, 9.17) is 5.73 Å². The van der Waals surface area contributed by atoms with Gasteiger partial charge in [0.1, 0.15) is 21.4 Å². The molecule has 0 radical (unpaired) electrons. The third-order valence-corrected chi connectivity index (χ3v) is 6.35. The molecule has 0 unspecified atom stereocenters. The van der Waals surface area contributed by atoms with Gasteiger partial charge in [-0.1, -0.05) is 39.8 Å². The summed E-state index contributed by atoms with van der Waals surface area (Å²) in [5, 5.41) is 5.32. The Morgan fingerprint density at radius 1 is 1.10 bits per heavy atom. The van der Waals surface area contributed by atoms with Crippen molar-refractivity contribution in [2.45, 2.75) is 17.3 Å². The number of urea groups is 1. The van der Waals surface area contributed by atoms with E-state index < -0.39 is 29.4 Å². The molecule has 2 aromatic carbocycles. The zero-order chi connectivity index (χ0) is 22.5. The monoisotopic (exact) mass is 530 g/mol. The number of hydrogen-bond acceptors (Lipinski definition) is 5. The maximum Gasteiger partial charge on any atom is 0.320 e. The van der Waals surface area contributed by atoms with Crippen LogP contribution < -0.4 is 16.4 Å². The Balaban J connectivity index is 1.65. The minimum absolute atomic E-state index is 0.00972. The van der Waals surface area contributed by atoms with Crippen molar-refractivity contribution in [3.63, 3.8) is 0 Å². The molecular formula is C19H14BrF3N4O2S2. The van der Waals surface area contributed by atoms with Gasteiger partial charge in [-0.3, -0.25) is 10.1 Å². The minimum atomic E-state index is -1.03. The van der Waals surface area contributed by atoms with Crippen LogP contribution in [0.3, 0.4) is 0 Å². The van der Waals surface area contributed by atoms with Crippen LogP contribution in [0, 0.1) is 17.5 Å². The number of nitrogens with one attached hydrogen (secondary N) is 2. The van der Waals surface area contributed by atoms with Gasteiger partial charge in [-0.25, -0.2) is 18.0 Å². The summed E-state index contributed by atoms with van der Waals surface area (Å²) in [5.41, 5.74) is 6.21. The van der Waals surface area contributed by atoms with E-state index in [2.05, 4.69) is 30.9 Å². The Hall–Kier alpha value is -2.57. The number of halogens is 4. The molecule has 0 atom stereocenters. The fraction of sp³-hybridized carbons (Fsp3) is 0.105. The average Bonchev–Trinajstić information content (AvgIpc) is 3.11. The summed E-state index contributed by atoms with van der Waals surface area (Å²) in [7, 11) is 0. The predicted molar refractivity (Wildman–Crippen MR) is 117 cm³/mol. The SMILES string of the molecule is NC(=O)c1c(SCc2ccc(Br)cc2F)nsc1NC(=O)NCc1ccc(F)c(F)c1. The van der Waals surface area contributed by atoms with Gasteiger partial charge in [-0.15, -0.1) is 0 Å². The number of hydrogen-bond donors (Lipinski definition) is 3. The topological polar surface area (TPSA) is 97.1 Å². The molecule has 0 aliphatic heterocycles. The number of primary amides is 1. The van der Waals surface area contributed by atoms with E-state index in [1.54, 1.807) is 12.1 Å². The molecule has 0 bridgehead atoms. The van der Waals surface area contributed by atoms with Crippen LogP contribution in [0.4, 0.5) is 23.0 Å². The smallest absolute Gasteiger partial charge is 0.320 e. The summed E-state index contributed by atoms with van der Waals surface area (Å²) in [6.45, 7) is -0.0712. The van der Waals surface area contributed by atoms with Crippen LogP contribution in [-0.2, 0) is 12.3 Å². The lowest BCUT2D eigenvalue weighted by Crippen LogP contribution is -2.29. The first-order chi connectivity index (χ1) is 14.7. The summed E-state index contributed by atoms with van der Waals surface area (Å²) in [6, 6.07) is 7.19. The van der Waals surface area contributed by atoms with Crippen molar-refractivity contribution >= 4 is 56.2 Å². The number of anilines is 1. The van der Waals surface area contributed by atoms with Gasteiger partial charge in [0.05, 0.1) is 0 Å². The Bertz CT molecular complexity index is 1140. The number of nitrogens with zero attached hydrogens (tertiary/aromatic N) is 1. The van der Waals surface area contributed by atoms with Crippen LogP contribution >= 0.6 is 39.2 Å². The normalized spacial score (nSPS) is 10.7. The maximum absolute atomic E-state index is 14.0. The average molecular weight is 531 g/mol. The third-order valence-electron chi connectivity index (χ3n) is 3.95. The van der Waals surface area contributed by atoms with Crippen LogP contribution in [0.15, 0.2) is 45.9 Å². The van der Waals surface area contributed by atoms with E-state index in [1.165, 1.54) is 12.1 Å². The molecule has 0 aliphatic carbocycles. The molecule has 31 heavy (non-hydrogen) atoms. The lowest BCUT2D eigenvalue weighted by molar-refractivity contribution is 0.0998. The van der Waals surface area contributed by atoms with Crippen LogP contribution in [0.1, 0.15) is 21.5 Å². The van der Waals surface area contributed by atoms with Crippen LogP contribution in [-0.4, -0.2) is 16.3 Å². The second-order valence-corrected chi connectivity index (χ2v) is 8.79. The molecule has 1 aromatic heterocycles. The Morgan fingerprint density at radius 3 is 2.55 bits per heavy atom. The minimum Gasteiger partial charge on any atom is -0.365 e. The van der Waals surface area contributed by atoms with Gasteiger partial charge in [0, 0.05) is 16.8 Å². The first-order valence-electron chi connectivity index (χ1n) is 8.59. The van der Waals surface area contributed by atoms with E-state index in [1.807, 2.05) is 0 Å². The maximum atomic E-state index is 14.0. The van der Waals surface area contributed by atoms with Crippen molar-refractivity contribution in [3.05, 3.63) is 75.0 Å². The molecule has 3 amide bonds. The molecule has 3 rings (SSSR count). The lowest BCUT2D eigenvalue weighted by atomic mass is 10.2. The molecular weight excluding hydrogens is 517 g/mol. The highest BCUT2D eigenvalue weighted by Gasteiger charge is 2.21. The summed E-state index contributed by atoms with van der Waals surface area (Å²) in [5.74, 6) is -3.03. The summed E-state index contributed by atoms with van der Waals surface area (Å²) < 4.78 is 44.9. The van der Waals surface area contributed by atoms with E-state index in [0.717, 1.165) is 35.4 Å².